The van der Waals surface area contributed by atoms with Crippen LogP contribution >= 0.6 is 0 Å². The Labute approximate surface area is 113 Å². The molecule has 1 atom stereocenters. The SMILES string of the molecule is CCCn1cc(S(=O)(=O)NCC(O)C2CC2)nc1C. The molecule has 0 amide bonds. The van der Waals surface area contributed by atoms with Gasteiger partial charge in [0.15, 0.2) is 5.03 Å². The number of rotatable bonds is 7. The third-order valence-electron chi connectivity index (χ3n) is 3.34. The minimum Gasteiger partial charge on any atom is -0.391 e. The molecule has 1 saturated carbocycles. The van der Waals surface area contributed by atoms with E-state index in [1.54, 1.807) is 13.1 Å². The maximum atomic E-state index is 12.1. The van der Waals surface area contributed by atoms with Crippen LogP contribution in [0.5, 0.6) is 0 Å². The number of aliphatic hydroxyl groups is 1. The van der Waals surface area contributed by atoms with Gasteiger partial charge >= 0.3 is 0 Å². The second kappa shape index (κ2) is 5.60. The predicted molar refractivity (Wildman–Crippen MR) is 71.2 cm³/mol. The highest BCUT2D eigenvalue weighted by Crippen LogP contribution is 2.32. The Bertz CT molecular complexity index is 534. The second-order valence-electron chi connectivity index (χ2n) is 5.08. The maximum Gasteiger partial charge on any atom is 0.259 e. The first-order valence-corrected chi connectivity index (χ1v) is 8.14. The molecule has 1 heterocycles. The van der Waals surface area contributed by atoms with Crippen LogP contribution in [-0.4, -0.2) is 35.7 Å². The van der Waals surface area contributed by atoms with E-state index in [-0.39, 0.29) is 17.5 Å². The zero-order valence-corrected chi connectivity index (χ0v) is 12.2. The molecule has 1 aliphatic rings. The molecular formula is C12H21N3O3S. The minimum absolute atomic E-state index is 0.0291. The Morgan fingerprint density at radius 3 is 2.84 bits per heavy atom. The van der Waals surface area contributed by atoms with Crippen molar-refractivity contribution in [3.63, 3.8) is 0 Å². The van der Waals surface area contributed by atoms with Crippen LogP contribution in [-0.2, 0) is 16.6 Å². The lowest BCUT2D eigenvalue weighted by atomic mass is 10.2. The average Bonchev–Trinajstić information content (AvgIpc) is 3.13. The molecule has 0 radical (unpaired) electrons. The molecule has 2 rings (SSSR count). The fourth-order valence-electron chi connectivity index (χ4n) is 1.99. The van der Waals surface area contributed by atoms with Gasteiger partial charge in [0.05, 0.1) is 6.10 Å². The highest BCUT2D eigenvalue weighted by Gasteiger charge is 2.31. The van der Waals surface area contributed by atoms with Crippen LogP contribution < -0.4 is 4.72 Å². The molecule has 0 saturated heterocycles. The van der Waals surface area contributed by atoms with Gasteiger partial charge < -0.3 is 9.67 Å². The molecule has 6 nitrogen and oxygen atoms in total. The molecule has 0 aliphatic heterocycles. The third kappa shape index (κ3) is 3.55. The predicted octanol–water partition coefficient (Wildman–Crippen LogP) is 0.651. The van der Waals surface area contributed by atoms with Gasteiger partial charge in [0.1, 0.15) is 5.82 Å². The highest BCUT2D eigenvalue weighted by atomic mass is 32.2. The monoisotopic (exact) mass is 287 g/mol. The number of sulfonamides is 1. The van der Waals surface area contributed by atoms with Crippen LogP contribution in [0.2, 0.25) is 0 Å². The van der Waals surface area contributed by atoms with E-state index in [1.807, 2.05) is 11.5 Å². The van der Waals surface area contributed by atoms with Gasteiger partial charge in [0, 0.05) is 19.3 Å². The van der Waals surface area contributed by atoms with Crippen molar-refractivity contribution in [1.82, 2.24) is 14.3 Å². The van der Waals surface area contributed by atoms with E-state index in [1.165, 1.54) is 0 Å². The van der Waals surface area contributed by atoms with Crippen molar-refractivity contribution in [3.05, 3.63) is 12.0 Å². The zero-order chi connectivity index (χ0) is 14.0. The number of aliphatic hydroxyl groups excluding tert-OH is 1. The number of aromatic nitrogens is 2. The van der Waals surface area contributed by atoms with Crippen LogP contribution in [0.1, 0.15) is 32.0 Å². The van der Waals surface area contributed by atoms with Crippen molar-refractivity contribution in [2.75, 3.05) is 6.54 Å². The van der Waals surface area contributed by atoms with E-state index >= 15 is 0 Å². The summed E-state index contributed by atoms with van der Waals surface area (Å²) >= 11 is 0. The Hall–Kier alpha value is -0.920. The van der Waals surface area contributed by atoms with Crippen LogP contribution in [0, 0.1) is 12.8 Å². The third-order valence-corrected chi connectivity index (χ3v) is 4.64. The van der Waals surface area contributed by atoms with E-state index < -0.39 is 16.1 Å². The largest absolute Gasteiger partial charge is 0.391 e. The minimum atomic E-state index is -3.62. The van der Waals surface area contributed by atoms with Gasteiger partial charge in [0.2, 0.25) is 0 Å². The van der Waals surface area contributed by atoms with E-state index in [0.717, 1.165) is 25.8 Å². The Morgan fingerprint density at radius 2 is 2.26 bits per heavy atom. The topological polar surface area (TPSA) is 84.2 Å². The molecule has 108 valence electrons. The number of nitrogens with zero attached hydrogens (tertiary/aromatic N) is 2. The number of hydrogen-bond donors (Lipinski definition) is 2. The van der Waals surface area contributed by atoms with Gasteiger partial charge in [-0.05, 0) is 32.1 Å². The van der Waals surface area contributed by atoms with E-state index in [0.29, 0.717) is 5.82 Å². The van der Waals surface area contributed by atoms with Crippen molar-refractivity contribution < 1.29 is 13.5 Å². The summed E-state index contributed by atoms with van der Waals surface area (Å²) in [6.45, 7) is 4.62. The average molecular weight is 287 g/mol. The Morgan fingerprint density at radius 1 is 1.58 bits per heavy atom. The van der Waals surface area contributed by atoms with Gasteiger partial charge in [-0.1, -0.05) is 6.92 Å². The van der Waals surface area contributed by atoms with Gasteiger partial charge in [-0.2, -0.15) is 0 Å². The van der Waals surface area contributed by atoms with Crippen molar-refractivity contribution in [2.45, 2.75) is 50.8 Å². The summed E-state index contributed by atoms with van der Waals surface area (Å²) in [5.41, 5.74) is 0. The van der Waals surface area contributed by atoms with Crippen molar-refractivity contribution >= 4 is 10.0 Å². The molecule has 2 N–H and O–H groups in total. The fourth-order valence-corrected chi connectivity index (χ4v) is 3.05. The first kappa shape index (κ1) is 14.5. The molecule has 1 unspecified atom stereocenters. The lowest BCUT2D eigenvalue weighted by Crippen LogP contribution is -2.33. The van der Waals surface area contributed by atoms with Crippen molar-refractivity contribution in [1.29, 1.82) is 0 Å². The van der Waals surface area contributed by atoms with Crippen molar-refractivity contribution in [2.24, 2.45) is 5.92 Å². The zero-order valence-electron chi connectivity index (χ0n) is 11.3. The molecule has 1 fully saturated rings. The lowest BCUT2D eigenvalue weighted by molar-refractivity contribution is 0.155. The van der Waals surface area contributed by atoms with Gasteiger partial charge in [-0.15, -0.1) is 0 Å². The quantitative estimate of drug-likeness (QED) is 0.771. The number of nitrogens with one attached hydrogen (secondary N) is 1. The molecule has 0 bridgehead atoms. The molecule has 0 aromatic carbocycles. The summed E-state index contributed by atoms with van der Waals surface area (Å²) in [7, 11) is -3.62. The summed E-state index contributed by atoms with van der Waals surface area (Å²) in [6, 6.07) is 0. The molecule has 1 aliphatic carbocycles. The van der Waals surface area contributed by atoms with Crippen molar-refractivity contribution in [3.8, 4) is 0 Å². The summed E-state index contributed by atoms with van der Waals surface area (Å²) in [4.78, 5) is 4.07. The molecule has 1 aromatic rings. The van der Waals surface area contributed by atoms with Gasteiger partial charge in [0.25, 0.3) is 10.0 Å². The first-order chi connectivity index (χ1) is 8.94. The maximum absolute atomic E-state index is 12.1. The van der Waals surface area contributed by atoms with Gasteiger partial charge in [-0.3, -0.25) is 0 Å². The lowest BCUT2D eigenvalue weighted by Gasteiger charge is -2.09. The van der Waals surface area contributed by atoms with E-state index in [9.17, 15) is 13.5 Å². The molecule has 1 aromatic heterocycles. The Kier molecular flexibility index (Phi) is 4.27. The number of hydrogen-bond acceptors (Lipinski definition) is 4. The highest BCUT2D eigenvalue weighted by molar-refractivity contribution is 7.89. The standard InChI is InChI=1S/C12H21N3O3S/c1-3-6-15-8-12(14-9(15)2)19(17,18)13-7-11(16)10-4-5-10/h8,10-11,13,16H,3-7H2,1-2H3. The van der Waals surface area contributed by atoms with Crippen LogP contribution in [0.4, 0.5) is 0 Å². The Balaban J connectivity index is 2.03. The molecule has 0 spiro atoms. The molecular weight excluding hydrogens is 266 g/mol. The number of imidazole rings is 1. The van der Waals surface area contributed by atoms with E-state index in [4.69, 9.17) is 0 Å². The second-order valence-corrected chi connectivity index (χ2v) is 6.79. The fraction of sp³-hybridized carbons (Fsp3) is 0.750. The summed E-state index contributed by atoms with van der Waals surface area (Å²) < 4.78 is 28.4. The van der Waals surface area contributed by atoms with Crippen LogP contribution in [0.25, 0.3) is 0 Å². The molecule has 19 heavy (non-hydrogen) atoms. The van der Waals surface area contributed by atoms with Crippen LogP contribution in [0.15, 0.2) is 11.2 Å². The normalized spacial score (nSPS) is 17.6. The summed E-state index contributed by atoms with van der Waals surface area (Å²) in [5.74, 6) is 0.937. The smallest absolute Gasteiger partial charge is 0.259 e. The summed E-state index contributed by atoms with van der Waals surface area (Å²) in [6.07, 6.45) is 3.84. The van der Waals surface area contributed by atoms with Crippen LogP contribution in [0.3, 0.4) is 0 Å². The summed E-state index contributed by atoms with van der Waals surface area (Å²) in [5, 5.41) is 9.72. The number of aryl methyl sites for hydroxylation is 2. The van der Waals surface area contributed by atoms with E-state index in [2.05, 4.69) is 9.71 Å². The first-order valence-electron chi connectivity index (χ1n) is 6.65. The van der Waals surface area contributed by atoms with Gasteiger partial charge in [-0.25, -0.2) is 18.1 Å². The molecule has 7 heteroatoms.